The zero-order valence-corrected chi connectivity index (χ0v) is 7.31. The Morgan fingerprint density at radius 1 is 1.55 bits per heavy atom. The molecule has 0 aliphatic carbocycles. The summed E-state index contributed by atoms with van der Waals surface area (Å²) >= 11 is 3.06. The third kappa shape index (κ3) is 2.02. The highest BCUT2D eigenvalue weighted by molar-refractivity contribution is 9.10. The molecule has 0 aromatic heterocycles. The lowest BCUT2D eigenvalue weighted by atomic mass is 10.2. The van der Waals surface area contributed by atoms with Crippen molar-refractivity contribution in [1.29, 1.82) is 0 Å². The first kappa shape index (κ1) is 8.22. The molecule has 0 heterocycles. The van der Waals surface area contributed by atoms with Gasteiger partial charge in [-0.2, -0.15) is 0 Å². The summed E-state index contributed by atoms with van der Waals surface area (Å²) < 4.78 is 13.1. The first-order valence-corrected chi connectivity index (χ1v) is 3.84. The number of rotatable bonds is 1. The van der Waals surface area contributed by atoms with E-state index in [0.29, 0.717) is 11.0 Å². The van der Waals surface area contributed by atoms with Gasteiger partial charge in [-0.15, -0.1) is 0 Å². The van der Waals surface area contributed by atoms with Crippen molar-refractivity contribution in [2.24, 2.45) is 0 Å². The molecular weight excluding hydrogens is 209 g/mol. The lowest BCUT2D eigenvalue weighted by Crippen LogP contribution is -1.82. The maximum absolute atomic E-state index is 12.6. The second kappa shape index (κ2) is 3.49. The fraction of sp³-hybridized carbons (Fsp3) is 0.125. The zero-order valence-electron chi connectivity index (χ0n) is 5.72. The van der Waals surface area contributed by atoms with E-state index in [9.17, 15) is 4.39 Å². The van der Waals surface area contributed by atoms with Gasteiger partial charge in [0.15, 0.2) is 0 Å². The molecule has 1 nitrogen and oxygen atoms in total. The molecule has 0 spiro atoms. The highest BCUT2D eigenvalue weighted by atomic mass is 79.9. The van der Waals surface area contributed by atoms with Gasteiger partial charge < -0.3 is 0 Å². The second-order valence-corrected chi connectivity index (χ2v) is 2.94. The van der Waals surface area contributed by atoms with E-state index >= 15 is 0 Å². The van der Waals surface area contributed by atoms with Crippen molar-refractivity contribution < 1.29 is 4.39 Å². The number of nitrogens with zero attached hydrogens (tertiary/aromatic N) is 1. The van der Waals surface area contributed by atoms with Crippen molar-refractivity contribution in [3.8, 4) is 6.57 Å². The Hall–Kier alpha value is -0.880. The summed E-state index contributed by atoms with van der Waals surface area (Å²) in [6.45, 7) is 5.38. The van der Waals surface area contributed by atoms with Gasteiger partial charge in [-0.05, 0) is 34.1 Å². The largest absolute Gasteiger partial charge is 0.288 e. The fourth-order valence-corrected chi connectivity index (χ4v) is 1.17. The van der Waals surface area contributed by atoms with E-state index in [0.717, 1.165) is 5.56 Å². The van der Waals surface area contributed by atoms with Crippen molar-refractivity contribution in [2.75, 3.05) is 0 Å². The van der Waals surface area contributed by atoms with E-state index < -0.39 is 0 Å². The number of benzene rings is 1. The lowest BCUT2D eigenvalue weighted by molar-refractivity contribution is 0.620. The van der Waals surface area contributed by atoms with Crippen LogP contribution in [0.25, 0.3) is 4.85 Å². The van der Waals surface area contributed by atoms with E-state index in [4.69, 9.17) is 6.57 Å². The van der Waals surface area contributed by atoms with Crippen LogP contribution >= 0.6 is 15.9 Å². The first-order valence-electron chi connectivity index (χ1n) is 3.04. The van der Waals surface area contributed by atoms with Crippen LogP contribution in [0.2, 0.25) is 0 Å². The van der Waals surface area contributed by atoms with E-state index in [1.165, 1.54) is 6.07 Å². The van der Waals surface area contributed by atoms with Crippen LogP contribution in [0.4, 0.5) is 4.39 Å². The monoisotopic (exact) mass is 214 g/mol. The van der Waals surface area contributed by atoms with Crippen LogP contribution in [0.5, 0.6) is 0 Å². The van der Waals surface area contributed by atoms with Gasteiger partial charge in [-0.3, -0.25) is 0 Å². The van der Waals surface area contributed by atoms with Crippen molar-refractivity contribution >= 4 is 15.9 Å². The average Bonchev–Trinajstić information content (AvgIpc) is 1.98. The number of hydrogen-bond acceptors (Lipinski definition) is 0. The van der Waals surface area contributed by atoms with Gasteiger partial charge in [0.25, 0.3) is 13.1 Å². The molecule has 0 amide bonds. The molecule has 3 heteroatoms. The SMILES string of the molecule is C#[N+]Cc1ccc(F)c(Br)c1. The molecule has 0 aliphatic heterocycles. The van der Waals surface area contributed by atoms with Crippen molar-refractivity contribution in [2.45, 2.75) is 6.54 Å². The number of halogens is 2. The maximum atomic E-state index is 12.6. The Morgan fingerprint density at radius 2 is 2.27 bits per heavy atom. The molecule has 0 fully saturated rings. The molecule has 56 valence electrons. The summed E-state index contributed by atoms with van der Waals surface area (Å²) in [6.07, 6.45) is 0. The molecule has 0 aliphatic rings. The van der Waals surface area contributed by atoms with Gasteiger partial charge in [0.05, 0.1) is 4.47 Å². The Bertz CT molecular complexity index is 303. The van der Waals surface area contributed by atoms with E-state index in [-0.39, 0.29) is 5.82 Å². The van der Waals surface area contributed by atoms with E-state index in [1.54, 1.807) is 12.1 Å². The molecule has 0 saturated heterocycles. The lowest BCUT2D eigenvalue weighted by Gasteiger charge is -1.93. The first-order chi connectivity index (χ1) is 5.24. The Labute approximate surface area is 72.8 Å². The van der Waals surface area contributed by atoms with E-state index in [1.807, 2.05) is 0 Å². The molecule has 1 rings (SSSR count). The standard InChI is InChI=1S/C8H6BrFN/c1-11-5-6-2-3-8(10)7(9)4-6/h1-4H,5H2/q+1. The molecule has 0 N–H and O–H groups in total. The van der Waals surface area contributed by atoms with Crippen LogP contribution in [0.15, 0.2) is 22.7 Å². The van der Waals surface area contributed by atoms with Gasteiger partial charge in [-0.1, -0.05) is 4.85 Å². The van der Waals surface area contributed by atoms with Crippen LogP contribution in [0.1, 0.15) is 5.56 Å². The van der Waals surface area contributed by atoms with Crippen LogP contribution < -0.4 is 0 Å². The summed E-state index contributed by atoms with van der Waals surface area (Å²) in [7, 11) is 0. The van der Waals surface area contributed by atoms with Gasteiger partial charge >= 0.3 is 0 Å². The normalized spacial score (nSPS) is 9.18. The minimum atomic E-state index is -0.272. The topological polar surface area (TPSA) is 4.36 Å². The summed E-state index contributed by atoms with van der Waals surface area (Å²) in [5.41, 5.74) is 0.890. The Kier molecular flexibility index (Phi) is 2.61. The third-order valence-corrected chi connectivity index (χ3v) is 1.87. The molecule has 1 aromatic carbocycles. The highest BCUT2D eigenvalue weighted by Crippen LogP contribution is 2.17. The molecule has 0 unspecified atom stereocenters. The number of hydrogen-bond donors (Lipinski definition) is 0. The van der Waals surface area contributed by atoms with Crippen molar-refractivity contribution in [3.05, 3.63) is 38.9 Å². The Morgan fingerprint density at radius 3 is 2.82 bits per heavy atom. The highest BCUT2D eigenvalue weighted by Gasteiger charge is 2.02. The zero-order chi connectivity index (χ0) is 8.27. The fourth-order valence-electron chi connectivity index (χ4n) is 0.743. The molecule has 0 saturated carbocycles. The summed E-state index contributed by atoms with van der Waals surface area (Å²) in [6, 6.07) is 4.69. The minimum Gasteiger partial charge on any atom is -0.206 e. The Balaban J connectivity index is 2.98. The summed E-state index contributed by atoms with van der Waals surface area (Å²) in [4.78, 5) is 3.43. The molecule has 0 bridgehead atoms. The summed E-state index contributed by atoms with van der Waals surface area (Å²) in [5, 5.41) is 0. The molecular formula is C8H6BrFN+. The average molecular weight is 215 g/mol. The third-order valence-electron chi connectivity index (χ3n) is 1.26. The van der Waals surface area contributed by atoms with Crippen LogP contribution in [-0.2, 0) is 6.54 Å². The summed E-state index contributed by atoms with van der Waals surface area (Å²) in [5.74, 6) is -0.272. The van der Waals surface area contributed by atoms with E-state index in [2.05, 4.69) is 20.8 Å². The maximum Gasteiger partial charge on any atom is 0.288 e. The quantitative estimate of drug-likeness (QED) is 0.678. The van der Waals surface area contributed by atoms with Crippen LogP contribution in [0, 0.1) is 12.4 Å². The predicted molar refractivity (Wildman–Crippen MR) is 46.1 cm³/mol. The molecule has 0 radical (unpaired) electrons. The molecule has 0 atom stereocenters. The smallest absolute Gasteiger partial charge is 0.206 e. The minimum absolute atomic E-state index is 0.272. The second-order valence-electron chi connectivity index (χ2n) is 2.09. The predicted octanol–water partition coefficient (Wildman–Crippen LogP) is 3.05. The van der Waals surface area contributed by atoms with Crippen LogP contribution in [0.3, 0.4) is 0 Å². The van der Waals surface area contributed by atoms with Gasteiger partial charge in [-0.25, -0.2) is 4.39 Å². The van der Waals surface area contributed by atoms with Crippen molar-refractivity contribution in [3.63, 3.8) is 0 Å². The molecule has 11 heavy (non-hydrogen) atoms. The van der Waals surface area contributed by atoms with Gasteiger partial charge in [0.1, 0.15) is 5.82 Å². The van der Waals surface area contributed by atoms with Gasteiger partial charge in [0, 0.05) is 5.56 Å². The molecule has 1 aromatic rings. The van der Waals surface area contributed by atoms with Gasteiger partial charge in [0.2, 0.25) is 0 Å². The van der Waals surface area contributed by atoms with Crippen molar-refractivity contribution in [1.82, 2.24) is 0 Å². The van der Waals surface area contributed by atoms with Crippen LogP contribution in [-0.4, -0.2) is 0 Å².